The molecule has 1 saturated heterocycles. The molecule has 2 heterocycles. The molecule has 0 bridgehead atoms. The fourth-order valence-corrected chi connectivity index (χ4v) is 2.02. The Bertz CT molecular complexity index is 366. The Morgan fingerprint density at radius 3 is 2.87 bits per heavy atom. The number of H-pyrrole nitrogens is 1. The summed E-state index contributed by atoms with van der Waals surface area (Å²) >= 11 is 5.23. The Balaban J connectivity index is 2.24. The van der Waals surface area contributed by atoms with Crippen molar-refractivity contribution in [2.75, 3.05) is 31.3 Å². The van der Waals surface area contributed by atoms with Crippen LogP contribution in [0, 0.1) is 4.77 Å². The lowest BCUT2D eigenvalue weighted by molar-refractivity contribution is 0.110. The van der Waals surface area contributed by atoms with Crippen LogP contribution in [0.5, 0.6) is 0 Å². The number of rotatable bonds is 3. The van der Waals surface area contributed by atoms with Crippen LogP contribution in [0.1, 0.15) is 19.2 Å². The second-order valence-electron chi connectivity index (χ2n) is 3.57. The Hall–Kier alpha value is -0.880. The van der Waals surface area contributed by atoms with Crippen molar-refractivity contribution >= 4 is 12.2 Å². The van der Waals surface area contributed by atoms with Crippen LogP contribution in [0.15, 0.2) is 0 Å². The van der Waals surface area contributed by atoms with Crippen LogP contribution in [-0.4, -0.2) is 41.2 Å². The first kappa shape index (κ1) is 10.6. The molecule has 0 atom stereocenters. The maximum absolute atomic E-state index is 5.32. The van der Waals surface area contributed by atoms with Gasteiger partial charge in [0.05, 0.1) is 26.3 Å². The summed E-state index contributed by atoms with van der Waals surface area (Å²) in [4.78, 5) is 0. The second-order valence-corrected chi connectivity index (χ2v) is 3.96. The number of nitrogens with zero attached hydrogens (tertiary/aromatic N) is 3. The van der Waals surface area contributed by atoms with Crippen LogP contribution in [0.3, 0.4) is 0 Å². The van der Waals surface area contributed by atoms with Gasteiger partial charge in [0.15, 0.2) is 5.82 Å². The molecule has 0 aliphatic carbocycles. The molecule has 0 unspecified atom stereocenters. The minimum Gasteiger partial charge on any atom is -0.378 e. The number of aromatic nitrogens is 3. The maximum Gasteiger partial charge on any atom is 0.214 e. The molecule has 5 nitrogen and oxygen atoms in total. The predicted molar refractivity (Wildman–Crippen MR) is 60.2 cm³/mol. The summed E-state index contributed by atoms with van der Waals surface area (Å²) in [6.45, 7) is 5.42. The molecule has 1 aliphatic rings. The van der Waals surface area contributed by atoms with E-state index >= 15 is 0 Å². The molecule has 1 aromatic heterocycles. The molecule has 0 radical (unpaired) electrons. The molecule has 84 valence electrons. The zero-order chi connectivity index (χ0) is 10.7. The zero-order valence-corrected chi connectivity index (χ0v) is 9.72. The number of hydrogen-bond donors (Lipinski definition) is 1. The molecule has 15 heavy (non-hydrogen) atoms. The second kappa shape index (κ2) is 4.76. The number of ether oxygens (including phenoxy) is 1. The summed E-state index contributed by atoms with van der Waals surface area (Å²) in [6.07, 6.45) is 2.02. The van der Waals surface area contributed by atoms with Gasteiger partial charge in [0.25, 0.3) is 0 Å². The first-order valence-corrected chi connectivity index (χ1v) is 5.73. The van der Waals surface area contributed by atoms with E-state index < -0.39 is 0 Å². The summed E-state index contributed by atoms with van der Waals surface area (Å²) in [7, 11) is 0. The lowest BCUT2D eigenvalue weighted by atomic mass is 10.3. The van der Waals surface area contributed by atoms with Gasteiger partial charge in [-0.3, -0.25) is 5.10 Å². The van der Waals surface area contributed by atoms with Crippen molar-refractivity contribution in [1.82, 2.24) is 14.9 Å². The quantitative estimate of drug-likeness (QED) is 0.780. The highest BCUT2D eigenvalue weighted by atomic mass is 32.1. The van der Waals surface area contributed by atoms with Crippen LogP contribution in [0.2, 0.25) is 0 Å². The van der Waals surface area contributed by atoms with Crippen molar-refractivity contribution in [2.45, 2.75) is 19.8 Å². The van der Waals surface area contributed by atoms with E-state index in [2.05, 4.69) is 22.1 Å². The lowest BCUT2D eigenvalue weighted by Crippen LogP contribution is -2.44. The van der Waals surface area contributed by atoms with Gasteiger partial charge >= 0.3 is 0 Å². The molecule has 0 saturated carbocycles. The van der Waals surface area contributed by atoms with Gasteiger partial charge in [0.2, 0.25) is 4.77 Å². The van der Waals surface area contributed by atoms with Crippen molar-refractivity contribution in [1.29, 1.82) is 0 Å². The smallest absolute Gasteiger partial charge is 0.214 e. The molecule has 1 aromatic rings. The summed E-state index contributed by atoms with van der Waals surface area (Å²) in [5.74, 6) is 1.02. The molecule has 1 aliphatic heterocycles. The van der Waals surface area contributed by atoms with E-state index in [1.807, 2.05) is 4.68 Å². The molecule has 2 rings (SSSR count). The third-order valence-corrected chi connectivity index (χ3v) is 2.73. The van der Waals surface area contributed by atoms with Gasteiger partial charge < -0.3 is 9.75 Å². The highest BCUT2D eigenvalue weighted by Crippen LogP contribution is 2.05. The van der Waals surface area contributed by atoms with Gasteiger partial charge in [0, 0.05) is 6.42 Å². The van der Waals surface area contributed by atoms with Gasteiger partial charge in [-0.2, -0.15) is 5.10 Å². The summed E-state index contributed by atoms with van der Waals surface area (Å²) in [6, 6.07) is 0. The molecule has 1 fully saturated rings. The molecule has 6 heteroatoms. The van der Waals surface area contributed by atoms with Crippen LogP contribution < -0.4 is 5.01 Å². The van der Waals surface area contributed by atoms with Crippen LogP contribution in [0.4, 0.5) is 0 Å². The van der Waals surface area contributed by atoms with E-state index in [1.165, 1.54) is 0 Å². The monoisotopic (exact) mass is 228 g/mol. The van der Waals surface area contributed by atoms with Gasteiger partial charge in [-0.15, -0.1) is 0 Å². The van der Waals surface area contributed by atoms with Crippen molar-refractivity contribution in [2.24, 2.45) is 0 Å². The van der Waals surface area contributed by atoms with Crippen LogP contribution in [-0.2, 0) is 11.2 Å². The van der Waals surface area contributed by atoms with Gasteiger partial charge in [-0.05, 0) is 18.6 Å². The molecular weight excluding hydrogens is 212 g/mol. The Morgan fingerprint density at radius 1 is 1.47 bits per heavy atom. The standard InChI is InChI=1S/C9H16N4OS/c1-2-3-8-10-11-9(15)13(8)12-4-6-14-7-5-12/h2-7H2,1H3,(H,11,15). The maximum atomic E-state index is 5.32. The number of nitrogens with one attached hydrogen (secondary N) is 1. The lowest BCUT2D eigenvalue weighted by Gasteiger charge is -2.30. The van der Waals surface area contributed by atoms with Crippen molar-refractivity contribution < 1.29 is 4.74 Å². The van der Waals surface area contributed by atoms with Crippen molar-refractivity contribution in [3.63, 3.8) is 0 Å². The minimum atomic E-state index is 0.681. The van der Waals surface area contributed by atoms with Gasteiger partial charge in [-0.1, -0.05) is 6.92 Å². The first-order chi connectivity index (χ1) is 7.33. The van der Waals surface area contributed by atoms with Crippen molar-refractivity contribution in [3.8, 4) is 0 Å². The number of aromatic amines is 1. The molecule has 1 N–H and O–H groups in total. The minimum absolute atomic E-state index is 0.681. The topological polar surface area (TPSA) is 46.1 Å². The highest BCUT2D eigenvalue weighted by molar-refractivity contribution is 7.71. The molecular formula is C9H16N4OS. The van der Waals surface area contributed by atoms with E-state index in [0.29, 0.717) is 4.77 Å². The fraction of sp³-hybridized carbons (Fsp3) is 0.778. The van der Waals surface area contributed by atoms with Gasteiger partial charge in [-0.25, -0.2) is 4.68 Å². The number of morpholine rings is 1. The van der Waals surface area contributed by atoms with Crippen molar-refractivity contribution in [3.05, 3.63) is 10.6 Å². The Kier molecular flexibility index (Phi) is 3.37. The zero-order valence-electron chi connectivity index (χ0n) is 8.90. The Morgan fingerprint density at radius 2 is 2.20 bits per heavy atom. The predicted octanol–water partition coefficient (Wildman–Crippen LogP) is 0.861. The summed E-state index contributed by atoms with van der Waals surface area (Å²) < 4.78 is 8.01. The fourth-order valence-electron chi connectivity index (χ4n) is 1.76. The number of aryl methyl sites for hydroxylation is 1. The largest absolute Gasteiger partial charge is 0.378 e. The third kappa shape index (κ3) is 2.21. The summed E-state index contributed by atoms with van der Waals surface area (Å²) in [5.41, 5.74) is 0. The normalized spacial score (nSPS) is 17.0. The van der Waals surface area contributed by atoms with Crippen LogP contribution in [0.25, 0.3) is 0 Å². The SMILES string of the molecule is CCCc1n[nH]c(=S)n1N1CCOCC1. The van der Waals surface area contributed by atoms with E-state index in [0.717, 1.165) is 45.0 Å². The molecule has 0 spiro atoms. The average Bonchev–Trinajstić information content (AvgIpc) is 2.62. The van der Waals surface area contributed by atoms with E-state index in [1.54, 1.807) is 0 Å². The Labute approximate surface area is 94.0 Å². The van der Waals surface area contributed by atoms with Gasteiger partial charge in [0.1, 0.15) is 0 Å². The average molecular weight is 228 g/mol. The highest BCUT2D eigenvalue weighted by Gasteiger charge is 2.15. The third-order valence-electron chi connectivity index (χ3n) is 2.46. The summed E-state index contributed by atoms with van der Waals surface area (Å²) in [5, 5.41) is 9.29. The van der Waals surface area contributed by atoms with E-state index in [4.69, 9.17) is 17.0 Å². The number of hydrogen-bond acceptors (Lipinski definition) is 4. The molecule has 0 aromatic carbocycles. The van der Waals surface area contributed by atoms with E-state index in [9.17, 15) is 0 Å². The van der Waals surface area contributed by atoms with Crippen LogP contribution >= 0.6 is 12.2 Å². The first-order valence-electron chi connectivity index (χ1n) is 5.32. The molecule has 0 amide bonds. The van der Waals surface area contributed by atoms with E-state index in [-0.39, 0.29) is 0 Å².